The second-order valence-corrected chi connectivity index (χ2v) is 28.8. The maximum Gasteiger partial charge on any atom is 0.412 e. The van der Waals surface area contributed by atoms with E-state index in [1.165, 1.54) is 41.0 Å². The summed E-state index contributed by atoms with van der Waals surface area (Å²) in [6.07, 6.45) is 5.15. The molecule has 0 aromatic heterocycles. The molecule has 7 amide bonds. The number of unbranched alkanes of at least 4 members (excludes halogenated alkanes) is 2. The number of ketones is 1. The lowest BCUT2D eigenvalue weighted by Gasteiger charge is -2.34. The molecular weight excluding hydrogens is 1420 g/mol. The minimum Gasteiger partial charge on any atom is -0.494 e. The Kier molecular flexibility index (Phi) is 29.4. The first-order chi connectivity index (χ1) is 53.7. The smallest absolute Gasteiger partial charge is 0.412 e. The average Bonchev–Trinajstić information content (AvgIpc) is 1.64. The first kappa shape index (κ1) is 81.6. The van der Waals surface area contributed by atoms with Crippen LogP contribution in [0.3, 0.4) is 0 Å². The molecule has 0 aliphatic carbocycles. The number of nitrogens with one attached hydrogen (secondary N) is 3. The number of benzene rings is 5. The number of nitrogens with two attached hydrogens (primary N) is 1. The third kappa shape index (κ3) is 22.7. The molecule has 11 rings (SSSR count). The highest BCUT2D eigenvalue weighted by Crippen LogP contribution is 2.39. The lowest BCUT2D eigenvalue weighted by molar-refractivity contribution is -0.137. The van der Waals surface area contributed by atoms with E-state index in [-0.39, 0.29) is 126 Å². The second-order valence-electron chi connectivity index (χ2n) is 28.8. The fraction of sp³-hybridized carbons (Fsp3) is 0.470. The quantitative estimate of drug-likeness (QED) is 0.0124. The molecule has 5 N–H and O–H groups in total. The van der Waals surface area contributed by atoms with Crippen molar-refractivity contribution in [2.75, 3.05) is 155 Å². The fourth-order valence-corrected chi connectivity index (χ4v) is 13.8. The van der Waals surface area contributed by atoms with E-state index < -0.39 is 48.0 Å². The monoisotopic (exact) mass is 1530 g/mol. The Bertz CT molecular complexity index is 4220. The molecule has 6 aliphatic rings. The Balaban J connectivity index is 0.535. The summed E-state index contributed by atoms with van der Waals surface area (Å²) in [6, 6.07) is 29.9. The van der Waals surface area contributed by atoms with Gasteiger partial charge < -0.3 is 79.0 Å². The number of ether oxygens (including phenoxy) is 9. The Hall–Kier alpha value is -10.4. The summed E-state index contributed by atoms with van der Waals surface area (Å²) < 4.78 is 52.0. The zero-order chi connectivity index (χ0) is 78.3. The summed E-state index contributed by atoms with van der Waals surface area (Å²) in [5.74, 6) is -2.00. The number of amides is 7. The van der Waals surface area contributed by atoms with Gasteiger partial charge in [-0.25, -0.2) is 4.79 Å². The van der Waals surface area contributed by atoms with Gasteiger partial charge in [-0.05, 0) is 133 Å². The maximum atomic E-state index is 14.5. The largest absolute Gasteiger partial charge is 0.494 e. The van der Waals surface area contributed by atoms with Gasteiger partial charge in [0.2, 0.25) is 17.7 Å². The number of rotatable bonds is 41. The van der Waals surface area contributed by atoms with Gasteiger partial charge in [-0.15, -0.1) is 0 Å². The number of hydrogen-bond donors (Lipinski definition) is 4. The molecule has 0 saturated carbocycles. The highest BCUT2D eigenvalue weighted by molar-refractivity contribution is 6.13. The maximum absolute atomic E-state index is 14.5. The number of likely N-dealkylation sites (N-methyl/N-ethyl adjacent to an activating group) is 1. The van der Waals surface area contributed by atoms with Crippen molar-refractivity contribution in [2.45, 2.75) is 103 Å². The number of nitrogens with zero attached hydrogens (tertiary/aromatic N) is 7. The van der Waals surface area contributed by atoms with E-state index in [1.807, 2.05) is 26.0 Å². The van der Waals surface area contributed by atoms with Crippen LogP contribution in [-0.2, 0) is 76.6 Å². The van der Waals surface area contributed by atoms with Gasteiger partial charge in [-0.2, -0.15) is 0 Å². The van der Waals surface area contributed by atoms with Gasteiger partial charge in [0.25, 0.3) is 17.7 Å². The van der Waals surface area contributed by atoms with Crippen molar-refractivity contribution in [2.24, 2.45) is 21.8 Å². The Morgan fingerprint density at radius 1 is 0.667 bits per heavy atom. The number of piperazine rings is 1. The van der Waals surface area contributed by atoms with Crippen LogP contribution in [0.5, 0.6) is 17.2 Å². The number of Topliss-reactive ketones (excluding diaryl/α,β-unsaturated/α-hetero) is 1. The Labute approximate surface area is 647 Å². The zero-order valence-electron chi connectivity index (χ0n) is 64.1. The average molecular weight is 1530 g/mol. The van der Waals surface area contributed by atoms with Crippen molar-refractivity contribution in [3.05, 3.63) is 155 Å². The van der Waals surface area contributed by atoms with Gasteiger partial charge in [0, 0.05) is 119 Å². The summed E-state index contributed by atoms with van der Waals surface area (Å²) in [5.41, 5.74) is 19.0. The predicted molar refractivity (Wildman–Crippen MR) is 418 cm³/mol. The Morgan fingerprint density at radius 2 is 1.33 bits per heavy atom. The van der Waals surface area contributed by atoms with Crippen molar-refractivity contribution < 1.29 is 81.0 Å². The van der Waals surface area contributed by atoms with Gasteiger partial charge >= 0.3 is 6.09 Å². The van der Waals surface area contributed by atoms with Crippen LogP contribution in [0.4, 0.5) is 33.2 Å². The van der Waals surface area contributed by atoms with Crippen LogP contribution >= 0.6 is 0 Å². The molecule has 111 heavy (non-hydrogen) atoms. The van der Waals surface area contributed by atoms with Crippen molar-refractivity contribution in [1.29, 1.82) is 0 Å². The summed E-state index contributed by atoms with van der Waals surface area (Å²) in [7, 11) is 3.68. The Morgan fingerprint density at radius 3 is 2.05 bits per heavy atom. The molecule has 0 radical (unpaired) electrons. The van der Waals surface area contributed by atoms with Crippen molar-refractivity contribution in [1.82, 2.24) is 30.2 Å². The minimum absolute atomic E-state index is 0.00665. The second kappa shape index (κ2) is 40.0. The lowest BCUT2D eigenvalue weighted by atomic mass is 9.92. The number of anilines is 3. The number of carbonyl (C=O) groups excluding carboxylic acids is 8. The van der Waals surface area contributed by atoms with Gasteiger partial charge in [0.05, 0.1) is 127 Å². The zero-order valence-corrected chi connectivity index (χ0v) is 64.1. The minimum atomic E-state index is -0.830. The summed E-state index contributed by atoms with van der Waals surface area (Å²) in [6.45, 7) is 17.6. The molecule has 4 atom stereocenters. The number of fused-ring (bicyclic) bond motifs is 2. The van der Waals surface area contributed by atoms with Crippen LogP contribution < -0.4 is 40.8 Å². The standard InChI is InChI=1S/C83H103N11O17/c1-54(2)79(89-76(97)25-35-104-38-40-106-42-43-107-41-39-105-36-26-85-75(96)24-27-92-77(98)22-23-78(92)99)72(95)45-56(4)80(100)86-62-16-10-57(11-17-62)53-111-83(102)93-32-37-110-82(93)71-44-55(3)52-94(71)81(101)65-50-73(103-6)74(51-66(65)84)109-34-9-7-8-33-108-64-19-13-58(14-20-64)68-48-61-46-59(15-21-67(61)87-68)69-47-60-12-18-63(49-70(60)88-69)91-30-28-90(5)29-31-91/h10-23,46,49-51,54,56,71,79,82H,3,7-9,24-45,47-48,52-53,84H2,1-2,4-6H3,(H,85,96)(H,86,100)(H,89,97)/t56?,71-,79?,82?/m0/s1. The number of carbonyl (C=O) groups is 8. The lowest BCUT2D eigenvalue weighted by Crippen LogP contribution is -2.50. The third-order valence-electron chi connectivity index (χ3n) is 20.2. The van der Waals surface area contributed by atoms with E-state index in [0.717, 1.165) is 108 Å². The first-order valence-electron chi connectivity index (χ1n) is 38.3. The molecule has 5 aromatic carbocycles. The molecule has 5 aromatic rings. The van der Waals surface area contributed by atoms with Gasteiger partial charge in [-0.3, -0.25) is 53.3 Å². The van der Waals surface area contributed by atoms with E-state index >= 15 is 0 Å². The normalized spacial score (nSPS) is 17.2. The van der Waals surface area contributed by atoms with Crippen molar-refractivity contribution >= 4 is 87.2 Å². The molecule has 28 nitrogen and oxygen atoms in total. The van der Waals surface area contributed by atoms with Crippen LogP contribution in [0.2, 0.25) is 0 Å². The number of hydrogen-bond acceptors (Lipinski definition) is 22. The SMILES string of the molecule is C=C1C[C@@H](C2OCCN2C(=O)OCc2ccc(NC(=O)C(C)CC(=O)C(NC(=O)CCOCCOCCOCCOCCNC(=O)CCN3C(=O)C=CC3=O)C(C)C)cc2)N(C(=O)c2cc(OC)c(OCCCCCOc3ccc(C4=Nc5ccc(C6=Nc7cc(N8CCN(C)CC8)ccc7C6)cc5C4)cc3)cc2N)C1. The molecule has 3 fully saturated rings. The van der Waals surface area contributed by atoms with Crippen LogP contribution in [0.1, 0.15) is 104 Å². The third-order valence-corrected chi connectivity index (χ3v) is 20.2. The highest BCUT2D eigenvalue weighted by Gasteiger charge is 2.45. The van der Waals surface area contributed by atoms with Crippen LogP contribution in [0, 0.1) is 11.8 Å². The number of likely N-dealkylation sites (tertiary alicyclic amines) is 1. The molecule has 3 unspecified atom stereocenters. The number of nitrogen functional groups attached to an aromatic ring is 1. The van der Waals surface area contributed by atoms with Gasteiger partial charge in [0.15, 0.2) is 23.5 Å². The molecule has 28 heteroatoms. The first-order valence-corrected chi connectivity index (χ1v) is 38.3. The van der Waals surface area contributed by atoms with Crippen molar-refractivity contribution in [3.8, 4) is 17.2 Å². The summed E-state index contributed by atoms with van der Waals surface area (Å²) in [5, 5.41) is 8.32. The molecule has 6 heterocycles. The molecule has 3 saturated heterocycles. The van der Waals surface area contributed by atoms with Gasteiger partial charge in [-0.1, -0.05) is 57.2 Å². The van der Waals surface area contributed by atoms with Crippen LogP contribution in [-0.4, -0.2) is 236 Å². The topological polar surface area (TPSA) is 323 Å². The number of aliphatic imine (C=N–C) groups is 2. The summed E-state index contributed by atoms with van der Waals surface area (Å²) in [4.78, 5) is 122. The van der Waals surface area contributed by atoms with E-state index in [2.05, 4.69) is 87.9 Å². The molecular formula is C83H103N11O17. The van der Waals surface area contributed by atoms with E-state index in [1.54, 1.807) is 48.2 Å². The van der Waals surface area contributed by atoms with Crippen LogP contribution in [0.25, 0.3) is 0 Å². The van der Waals surface area contributed by atoms with Crippen molar-refractivity contribution in [3.63, 3.8) is 0 Å². The number of methoxy groups -OCH3 is 1. The fourth-order valence-electron chi connectivity index (χ4n) is 13.8. The van der Waals surface area contributed by atoms with E-state index in [0.29, 0.717) is 68.8 Å². The molecule has 0 spiro atoms. The van der Waals surface area contributed by atoms with Crippen LogP contribution in [0.15, 0.2) is 131 Å². The van der Waals surface area contributed by atoms with E-state index in [9.17, 15) is 38.4 Å². The highest BCUT2D eigenvalue weighted by atomic mass is 16.6. The van der Waals surface area contributed by atoms with Gasteiger partial charge in [0.1, 0.15) is 12.4 Å². The summed E-state index contributed by atoms with van der Waals surface area (Å²) >= 11 is 0. The molecule has 0 bridgehead atoms. The number of imide groups is 1. The molecule has 6 aliphatic heterocycles. The predicted octanol–water partition coefficient (Wildman–Crippen LogP) is 8.34. The molecule has 592 valence electrons. The van der Waals surface area contributed by atoms with E-state index in [4.69, 9.17) is 58.4 Å².